The van der Waals surface area contributed by atoms with Crippen LogP contribution in [0.25, 0.3) is 11.2 Å². The van der Waals surface area contributed by atoms with Gasteiger partial charge in [0.2, 0.25) is 11.2 Å². The Balaban J connectivity index is 1.87. The number of benzene rings is 1. The highest BCUT2D eigenvalue weighted by Crippen LogP contribution is 2.28. The van der Waals surface area contributed by atoms with Crippen LogP contribution in [0.4, 0.5) is 11.6 Å². The van der Waals surface area contributed by atoms with Gasteiger partial charge in [-0.1, -0.05) is 45.2 Å². The van der Waals surface area contributed by atoms with E-state index in [0.29, 0.717) is 23.6 Å². The summed E-state index contributed by atoms with van der Waals surface area (Å²) in [7, 11) is 1.75. The highest BCUT2D eigenvalue weighted by atomic mass is 16.2. The molecule has 7 nitrogen and oxygen atoms in total. The van der Waals surface area contributed by atoms with Gasteiger partial charge in [-0.15, -0.1) is 0 Å². The fraction of sp³-hybridized carbons (Fsp3) is 0.522. The van der Waals surface area contributed by atoms with Crippen molar-refractivity contribution in [1.82, 2.24) is 14.1 Å². The second-order valence-corrected chi connectivity index (χ2v) is 8.67. The van der Waals surface area contributed by atoms with Gasteiger partial charge in [0.1, 0.15) is 5.69 Å². The van der Waals surface area contributed by atoms with Gasteiger partial charge >= 0.3 is 11.6 Å². The first-order chi connectivity index (χ1) is 14.4. The summed E-state index contributed by atoms with van der Waals surface area (Å²) in [5.41, 5.74) is 3.02. The third-order valence-corrected chi connectivity index (χ3v) is 6.07. The molecule has 4 rings (SSSR count). The van der Waals surface area contributed by atoms with E-state index in [1.54, 1.807) is 11.6 Å². The van der Waals surface area contributed by atoms with E-state index in [4.69, 9.17) is 0 Å². The molecule has 0 radical (unpaired) electrons. The lowest BCUT2D eigenvalue weighted by Crippen LogP contribution is -2.52. The molecule has 7 heteroatoms. The van der Waals surface area contributed by atoms with Crippen molar-refractivity contribution in [2.45, 2.75) is 59.5 Å². The predicted molar refractivity (Wildman–Crippen MR) is 119 cm³/mol. The minimum atomic E-state index is -0.252. The number of fused-ring (bicyclic) bond motifs is 3. The van der Waals surface area contributed by atoms with Crippen molar-refractivity contribution in [3.8, 4) is 0 Å². The molecule has 0 unspecified atom stereocenters. The van der Waals surface area contributed by atoms with E-state index in [1.165, 1.54) is 10.1 Å². The molecule has 0 spiro atoms. The maximum atomic E-state index is 13.4. The largest absolute Gasteiger partial charge is 0.364 e. The van der Waals surface area contributed by atoms with Gasteiger partial charge < -0.3 is 0 Å². The van der Waals surface area contributed by atoms with Crippen LogP contribution in [0, 0.1) is 12.8 Å². The number of nitrogens with one attached hydrogen (secondary N) is 1. The maximum absolute atomic E-state index is 13.4. The lowest BCUT2D eigenvalue weighted by atomic mass is 10.1. The summed E-state index contributed by atoms with van der Waals surface area (Å²) in [5, 5.41) is 0. The van der Waals surface area contributed by atoms with Gasteiger partial charge in [-0.3, -0.25) is 13.9 Å². The fourth-order valence-electron chi connectivity index (χ4n) is 4.49. The third kappa shape index (κ3) is 3.46. The van der Waals surface area contributed by atoms with Crippen LogP contribution in [-0.4, -0.2) is 20.7 Å². The molecule has 160 valence electrons. The second-order valence-electron chi connectivity index (χ2n) is 8.67. The Morgan fingerprint density at radius 3 is 2.73 bits per heavy atom. The average Bonchev–Trinajstić information content (AvgIpc) is 3.10. The Morgan fingerprint density at radius 1 is 1.20 bits per heavy atom. The zero-order valence-corrected chi connectivity index (χ0v) is 18.4. The number of rotatable bonds is 6. The number of aryl methyl sites for hydroxylation is 2. The van der Waals surface area contributed by atoms with Gasteiger partial charge in [0.15, 0.2) is 0 Å². The van der Waals surface area contributed by atoms with E-state index >= 15 is 0 Å². The van der Waals surface area contributed by atoms with Crippen LogP contribution >= 0.6 is 0 Å². The van der Waals surface area contributed by atoms with Crippen molar-refractivity contribution in [1.29, 1.82) is 0 Å². The number of aromatic nitrogens is 4. The Bertz CT molecular complexity index is 1190. The van der Waals surface area contributed by atoms with Gasteiger partial charge in [0.05, 0.1) is 13.1 Å². The molecule has 1 aromatic carbocycles. The lowest BCUT2D eigenvalue weighted by molar-refractivity contribution is -0.669. The molecule has 0 saturated carbocycles. The third-order valence-electron chi connectivity index (χ3n) is 6.07. The molecule has 0 aliphatic carbocycles. The maximum Gasteiger partial charge on any atom is 0.364 e. The standard InChI is InChI=1S/C23H31N5O2/c1-5-6-7-8-12-26-21(29)19-20(25(4)23(26)30)24-22-27(14-17(3)15-28(19)22)18-11-9-10-16(2)13-18/h9-11,13,17H,5-8,12,14-15H2,1-4H3/p+1/t17-/m0/s1. The van der Waals surface area contributed by atoms with E-state index in [2.05, 4.69) is 59.5 Å². The Hall–Kier alpha value is -2.83. The van der Waals surface area contributed by atoms with Crippen LogP contribution in [0.15, 0.2) is 33.9 Å². The quantitative estimate of drug-likeness (QED) is 0.502. The molecule has 1 atom stereocenters. The van der Waals surface area contributed by atoms with Crippen LogP contribution in [-0.2, 0) is 20.1 Å². The van der Waals surface area contributed by atoms with Gasteiger partial charge in [0.25, 0.3) is 5.56 Å². The molecule has 1 N–H and O–H groups in total. The van der Waals surface area contributed by atoms with Crippen LogP contribution in [0.5, 0.6) is 0 Å². The monoisotopic (exact) mass is 410 g/mol. The van der Waals surface area contributed by atoms with E-state index in [-0.39, 0.29) is 11.2 Å². The Labute approximate surface area is 176 Å². The first-order valence-electron chi connectivity index (χ1n) is 11.0. The van der Waals surface area contributed by atoms with Gasteiger partial charge in [-0.2, -0.15) is 0 Å². The van der Waals surface area contributed by atoms with E-state index < -0.39 is 0 Å². The van der Waals surface area contributed by atoms with Gasteiger partial charge in [-0.05, 0) is 31.0 Å². The molecule has 3 aromatic rings. The van der Waals surface area contributed by atoms with Crippen molar-refractivity contribution < 1.29 is 4.57 Å². The minimum absolute atomic E-state index is 0.189. The number of nitrogens with zero attached hydrogens (tertiary/aromatic N) is 4. The second kappa shape index (κ2) is 8.13. The first-order valence-corrected chi connectivity index (χ1v) is 11.0. The highest BCUT2D eigenvalue weighted by Gasteiger charge is 2.35. The molecule has 0 fully saturated rings. The number of unbranched alkanes of at least 4 members (excludes halogenated alkanes) is 3. The summed E-state index contributed by atoms with van der Waals surface area (Å²) >= 11 is 0. The van der Waals surface area contributed by atoms with Gasteiger partial charge in [0, 0.05) is 19.5 Å². The van der Waals surface area contributed by atoms with Crippen molar-refractivity contribution in [3.05, 3.63) is 50.7 Å². The van der Waals surface area contributed by atoms with Gasteiger partial charge in [-0.25, -0.2) is 19.2 Å². The topological polar surface area (TPSA) is 66.9 Å². The highest BCUT2D eigenvalue weighted by molar-refractivity contribution is 5.70. The predicted octanol–water partition coefficient (Wildman–Crippen LogP) is 2.99. The molecule has 3 heterocycles. The lowest BCUT2D eigenvalue weighted by Gasteiger charge is -2.26. The fourth-order valence-corrected chi connectivity index (χ4v) is 4.49. The number of hydrogen-bond donors (Lipinski definition) is 1. The molecule has 30 heavy (non-hydrogen) atoms. The van der Waals surface area contributed by atoms with Crippen LogP contribution < -0.4 is 20.7 Å². The zero-order valence-electron chi connectivity index (χ0n) is 18.4. The number of imidazole rings is 1. The van der Waals surface area contributed by atoms with Crippen molar-refractivity contribution in [2.24, 2.45) is 13.0 Å². The summed E-state index contributed by atoms with van der Waals surface area (Å²) in [5.74, 6) is 1.24. The number of anilines is 2. The average molecular weight is 411 g/mol. The molecule has 0 bridgehead atoms. The molecular weight excluding hydrogens is 378 g/mol. The molecule has 0 amide bonds. The number of H-pyrrole nitrogens is 1. The summed E-state index contributed by atoms with van der Waals surface area (Å²) < 4.78 is 5.06. The Kier molecular flexibility index (Phi) is 5.54. The molecule has 1 aliphatic heterocycles. The zero-order chi connectivity index (χ0) is 21.4. The van der Waals surface area contributed by atoms with E-state index in [1.807, 2.05) is 0 Å². The molecule has 2 aromatic heterocycles. The summed E-state index contributed by atoms with van der Waals surface area (Å²) in [6.07, 6.45) is 4.12. The van der Waals surface area contributed by atoms with Crippen LogP contribution in [0.3, 0.4) is 0 Å². The molecule has 1 aliphatic rings. The van der Waals surface area contributed by atoms with Crippen molar-refractivity contribution in [2.75, 3.05) is 11.4 Å². The minimum Gasteiger partial charge on any atom is -0.267 e. The Morgan fingerprint density at radius 2 is 2.00 bits per heavy atom. The van der Waals surface area contributed by atoms with Crippen molar-refractivity contribution in [3.63, 3.8) is 0 Å². The van der Waals surface area contributed by atoms with Crippen molar-refractivity contribution >= 4 is 22.8 Å². The first kappa shape index (κ1) is 20.4. The number of aromatic amines is 1. The smallest absolute Gasteiger partial charge is 0.267 e. The summed E-state index contributed by atoms with van der Waals surface area (Å²) in [6.45, 7) is 8.51. The van der Waals surface area contributed by atoms with E-state index in [9.17, 15) is 9.59 Å². The summed E-state index contributed by atoms with van der Waals surface area (Å²) in [6, 6.07) is 8.37. The molecular formula is C23H32N5O2+. The van der Waals surface area contributed by atoms with Crippen LogP contribution in [0.1, 0.15) is 45.1 Å². The molecule has 0 saturated heterocycles. The van der Waals surface area contributed by atoms with E-state index in [0.717, 1.165) is 50.4 Å². The summed E-state index contributed by atoms with van der Waals surface area (Å²) in [4.78, 5) is 31.9. The SMILES string of the molecule is CCCCCCn1c(=O)c2c([nH]c3[n+]2C[C@@H](C)CN3c2cccc(C)c2)n(C)c1=O. The van der Waals surface area contributed by atoms with Crippen LogP contribution in [0.2, 0.25) is 0 Å². The number of hydrogen-bond acceptors (Lipinski definition) is 3. The normalized spacial score (nSPS) is 16.3.